The van der Waals surface area contributed by atoms with Gasteiger partial charge in [-0.05, 0) is 36.4 Å². The Morgan fingerprint density at radius 1 is 1.09 bits per heavy atom. The summed E-state index contributed by atoms with van der Waals surface area (Å²) in [6.07, 6.45) is 1.55. The first kappa shape index (κ1) is 15.0. The summed E-state index contributed by atoms with van der Waals surface area (Å²) in [6.45, 7) is 0. The summed E-state index contributed by atoms with van der Waals surface area (Å²) in [5.74, 6) is 0.919. The van der Waals surface area contributed by atoms with Gasteiger partial charge >= 0.3 is 0 Å². The fourth-order valence-corrected chi connectivity index (χ4v) is 2.29. The Bertz CT molecular complexity index is 887. The summed E-state index contributed by atoms with van der Waals surface area (Å²) in [6, 6.07) is 16.9. The van der Waals surface area contributed by atoms with Crippen LogP contribution in [-0.4, -0.2) is 11.1 Å². The smallest absolute Gasteiger partial charge is 0.280 e. The van der Waals surface area contributed by atoms with E-state index in [0.717, 1.165) is 0 Å². The van der Waals surface area contributed by atoms with Crippen LogP contribution in [0.4, 0.5) is 11.4 Å². The van der Waals surface area contributed by atoms with Crippen LogP contribution in [0, 0.1) is 10.1 Å². The van der Waals surface area contributed by atoms with Crippen LogP contribution in [0.2, 0.25) is 5.02 Å². The van der Waals surface area contributed by atoms with Crippen LogP contribution < -0.4 is 0 Å². The van der Waals surface area contributed by atoms with Crippen LogP contribution in [0.25, 0.3) is 11.3 Å². The molecule has 0 fully saturated rings. The minimum atomic E-state index is -0.433. The monoisotopic (exact) mass is 326 g/mol. The summed E-state index contributed by atoms with van der Waals surface area (Å²) in [4.78, 5) is 14.9. The van der Waals surface area contributed by atoms with Crippen molar-refractivity contribution in [1.29, 1.82) is 0 Å². The van der Waals surface area contributed by atoms with Crippen molar-refractivity contribution in [3.8, 4) is 11.3 Å². The molecule has 0 N–H and O–H groups in total. The molecule has 23 heavy (non-hydrogen) atoms. The molecule has 0 spiro atoms. The van der Waals surface area contributed by atoms with Gasteiger partial charge in [-0.25, -0.2) is 0 Å². The van der Waals surface area contributed by atoms with Crippen molar-refractivity contribution in [2.75, 3.05) is 0 Å². The second-order valence-electron chi connectivity index (χ2n) is 4.71. The number of nitro benzene ring substituents is 1. The Kier molecular flexibility index (Phi) is 4.21. The Morgan fingerprint density at radius 2 is 1.91 bits per heavy atom. The van der Waals surface area contributed by atoms with E-state index < -0.39 is 4.92 Å². The lowest BCUT2D eigenvalue weighted by molar-refractivity contribution is -0.384. The summed E-state index contributed by atoms with van der Waals surface area (Å²) in [7, 11) is 0. The SMILES string of the molecule is O=[N+]([O-])c1ccccc1-c1ccc(C=Nc2cccc(Cl)c2)o1. The summed E-state index contributed by atoms with van der Waals surface area (Å²) < 4.78 is 5.63. The Hall–Kier alpha value is -2.92. The molecule has 0 aliphatic rings. The molecule has 114 valence electrons. The van der Waals surface area contributed by atoms with E-state index in [9.17, 15) is 10.1 Å². The summed E-state index contributed by atoms with van der Waals surface area (Å²) in [5, 5.41) is 11.7. The molecule has 3 rings (SSSR count). The van der Waals surface area contributed by atoms with Gasteiger partial charge in [0.25, 0.3) is 5.69 Å². The molecule has 6 heteroatoms. The van der Waals surface area contributed by atoms with E-state index in [-0.39, 0.29) is 5.69 Å². The topological polar surface area (TPSA) is 68.6 Å². The van der Waals surface area contributed by atoms with Gasteiger partial charge in [0.05, 0.1) is 22.4 Å². The fourth-order valence-electron chi connectivity index (χ4n) is 2.10. The first-order valence-corrected chi connectivity index (χ1v) is 7.14. The third-order valence-electron chi connectivity index (χ3n) is 3.14. The maximum atomic E-state index is 11.1. The van der Waals surface area contributed by atoms with E-state index in [4.69, 9.17) is 16.0 Å². The van der Waals surface area contributed by atoms with Crippen molar-refractivity contribution in [2.24, 2.45) is 4.99 Å². The van der Waals surface area contributed by atoms with Crippen LogP contribution in [0.15, 0.2) is 70.1 Å². The fraction of sp³-hybridized carbons (Fsp3) is 0. The van der Waals surface area contributed by atoms with Crippen LogP contribution in [-0.2, 0) is 0 Å². The maximum Gasteiger partial charge on any atom is 0.280 e. The third kappa shape index (κ3) is 3.46. The number of halogens is 1. The minimum Gasteiger partial charge on any atom is -0.455 e. The van der Waals surface area contributed by atoms with Gasteiger partial charge in [0.1, 0.15) is 11.5 Å². The molecule has 0 bridgehead atoms. The zero-order valence-electron chi connectivity index (χ0n) is 11.8. The minimum absolute atomic E-state index is 0.000167. The third-order valence-corrected chi connectivity index (χ3v) is 3.38. The Balaban J connectivity index is 1.88. The standard InChI is InChI=1S/C17H11ClN2O3/c18-12-4-3-5-13(10-12)19-11-14-8-9-17(23-14)15-6-1-2-7-16(15)20(21)22/h1-11H. The first-order valence-electron chi connectivity index (χ1n) is 6.77. The zero-order chi connectivity index (χ0) is 16.2. The molecule has 0 unspecified atom stereocenters. The molecule has 0 atom stereocenters. The van der Waals surface area contributed by atoms with Crippen molar-refractivity contribution in [3.05, 3.63) is 81.6 Å². The number of benzene rings is 2. The van der Waals surface area contributed by atoms with Gasteiger partial charge in [0.15, 0.2) is 0 Å². The molecule has 2 aromatic carbocycles. The van der Waals surface area contributed by atoms with Crippen molar-refractivity contribution in [2.45, 2.75) is 0 Å². The highest BCUT2D eigenvalue weighted by atomic mass is 35.5. The van der Waals surface area contributed by atoms with Crippen molar-refractivity contribution < 1.29 is 9.34 Å². The average Bonchev–Trinajstić information content (AvgIpc) is 3.02. The number of aliphatic imine (C=N–C) groups is 1. The Morgan fingerprint density at radius 3 is 2.70 bits per heavy atom. The molecule has 0 amide bonds. The lowest BCUT2D eigenvalue weighted by Crippen LogP contribution is -1.90. The largest absolute Gasteiger partial charge is 0.455 e. The van der Waals surface area contributed by atoms with Gasteiger partial charge in [0, 0.05) is 11.1 Å². The van der Waals surface area contributed by atoms with Gasteiger partial charge in [-0.2, -0.15) is 0 Å². The number of furan rings is 1. The molecular formula is C17H11ClN2O3. The lowest BCUT2D eigenvalue weighted by Gasteiger charge is -1.98. The molecule has 0 aliphatic heterocycles. The number of para-hydroxylation sites is 1. The predicted octanol–water partition coefficient (Wildman–Crippen LogP) is 5.26. The van der Waals surface area contributed by atoms with Crippen LogP contribution in [0.1, 0.15) is 5.76 Å². The number of hydrogen-bond acceptors (Lipinski definition) is 4. The molecule has 1 heterocycles. The quantitative estimate of drug-likeness (QED) is 0.373. The molecule has 0 saturated carbocycles. The van der Waals surface area contributed by atoms with E-state index >= 15 is 0 Å². The van der Waals surface area contributed by atoms with E-state index in [1.165, 1.54) is 6.07 Å². The molecule has 5 nitrogen and oxygen atoms in total. The first-order chi connectivity index (χ1) is 11.1. The number of rotatable bonds is 4. The molecule has 0 radical (unpaired) electrons. The highest BCUT2D eigenvalue weighted by Crippen LogP contribution is 2.30. The summed E-state index contributed by atoms with van der Waals surface area (Å²) in [5.41, 5.74) is 1.13. The highest BCUT2D eigenvalue weighted by Gasteiger charge is 2.16. The van der Waals surface area contributed by atoms with Gasteiger partial charge in [0.2, 0.25) is 0 Å². The normalized spacial score (nSPS) is 11.0. The van der Waals surface area contributed by atoms with Crippen molar-refractivity contribution in [3.63, 3.8) is 0 Å². The molecule has 3 aromatic rings. The van der Waals surface area contributed by atoms with Crippen molar-refractivity contribution in [1.82, 2.24) is 0 Å². The molecule has 0 aliphatic carbocycles. The van der Waals surface area contributed by atoms with Crippen LogP contribution in [0.3, 0.4) is 0 Å². The van der Waals surface area contributed by atoms with E-state index in [0.29, 0.717) is 27.8 Å². The van der Waals surface area contributed by atoms with Crippen LogP contribution in [0.5, 0.6) is 0 Å². The van der Waals surface area contributed by atoms with Gasteiger partial charge in [-0.1, -0.05) is 29.8 Å². The van der Waals surface area contributed by atoms with Crippen LogP contribution >= 0.6 is 11.6 Å². The Labute approximate surface area is 137 Å². The van der Waals surface area contributed by atoms with Crippen molar-refractivity contribution >= 4 is 29.2 Å². The summed E-state index contributed by atoms with van der Waals surface area (Å²) >= 11 is 5.90. The molecular weight excluding hydrogens is 316 g/mol. The van der Waals surface area contributed by atoms with E-state index in [1.54, 1.807) is 54.7 Å². The second-order valence-corrected chi connectivity index (χ2v) is 5.15. The van der Waals surface area contributed by atoms with Gasteiger partial charge in [-0.3, -0.25) is 15.1 Å². The number of nitrogens with zero attached hydrogens (tertiary/aromatic N) is 2. The zero-order valence-corrected chi connectivity index (χ0v) is 12.6. The van der Waals surface area contributed by atoms with Gasteiger partial charge < -0.3 is 4.42 Å². The predicted molar refractivity (Wildman–Crippen MR) is 89.5 cm³/mol. The highest BCUT2D eigenvalue weighted by molar-refractivity contribution is 6.30. The second kappa shape index (κ2) is 6.46. The lowest BCUT2D eigenvalue weighted by atomic mass is 10.1. The average molecular weight is 327 g/mol. The molecule has 1 aromatic heterocycles. The molecule has 0 saturated heterocycles. The van der Waals surface area contributed by atoms with Gasteiger partial charge in [-0.15, -0.1) is 0 Å². The van der Waals surface area contributed by atoms with E-state index in [1.807, 2.05) is 6.07 Å². The number of nitro groups is 1. The van der Waals surface area contributed by atoms with E-state index in [2.05, 4.69) is 4.99 Å². The maximum absolute atomic E-state index is 11.1. The number of hydrogen-bond donors (Lipinski definition) is 0.